The molecule has 2 atom stereocenters. The lowest BCUT2D eigenvalue weighted by Crippen LogP contribution is -2.50. The van der Waals surface area contributed by atoms with Crippen LogP contribution in [0.25, 0.3) is 0 Å². The summed E-state index contributed by atoms with van der Waals surface area (Å²) in [4.78, 5) is 14.5. The number of ether oxygens (including phenoxy) is 1. The fraction of sp³-hybridized carbons (Fsp3) is 0.562. The molecule has 0 spiro atoms. The maximum atomic E-state index is 12.2. The van der Waals surface area contributed by atoms with Crippen molar-refractivity contribution in [2.75, 3.05) is 7.05 Å². The van der Waals surface area contributed by atoms with Crippen molar-refractivity contribution in [2.45, 2.75) is 50.3 Å². The molecule has 2 saturated heterocycles. The number of piperidine rings is 1. The summed E-state index contributed by atoms with van der Waals surface area (Å²) in [5.41, 5.74) is 0.714. The number of carbonyl (C=O) groups excluding carboxylic acids is 1. The Morgan fingerprint density at radius 2 is 2.11 bits per heavy atom. The summed E-state index contributed by atoms with van der Waals surface area (Å²) in [7, 11) is 2.10. The standard InChI is InChI=1S/C16H21NO2/c1-17-14-8-5-10-16(17,11-9-14)19-15(18)12-13-6-3-2-4-7-13/h2-4,6-7,14H,5,8-12H2,1H3/t14-,16-/m1/s1. The van der Waals surface area contributed by atoms with Gasteiger partial charge in [0.05, 0.1) is 6.42 Å². The second kappa shape index (κ2) is 4.97. The van der Waals surface area contributed by atoms with Gasteiger partial charge in [0, 0.05) is 18.9 Å². The summed E-state index contributed by atoms with van der Waals surface area (Å²) in [5, 5.41) is 0. The van der Waals surface area contributed by atoms with Crippen molar-refractivity contribution >= 4 is 5.97 Å². The number of fused-ring (bicyclic) bond motifs is 2. The Hall–Kier alpha value is -1.35. The molecule has 2 fully saturated rings. The Morgan fingerprint density at radius 1 is 1.32 bits per heavy atom. The van der Waals surface area contributed by atoms with Gasteiger partial charge in [-0.3, -0.25) is 9.69 Å². The molecule has 0 unspecified atom stereocenters. The molecule has 1 aromatic carbocycles. The minimum absolute atomic E-state index is 0.0967. The highest BCUT2D eigenvalue weighted by molar-refractivity contribution is 5.73. The van der Waals surface area contributed by atoms with E-state index in [2.05, 4.69) is 11.9 Å². The highest BCUT2D eigenvalue weighted by atomic mass is 16.6. The SMILES string of the molecule is CN1[C@@H]2CCC[C@@]1(OC(=O)Cc1ccccc1)CC2. The van der Waals surface area contributed by atoms with Gasteiger partial charge in [-0.15, -0.1) is 0 Å². The monoisotopic (exact) mass is 259 g/mol. The quantitative estimate of drug-likeness (QED) is 0.782. The first-order valence-electron chi connectivity index (χ1n) is 7.18. The van der Waals surface area contributed by atoms with E-state index in [0.29, 0.717) is 12.5 Å². The first kappa shape index (κ1) is 12.7. The average Bonchev–Trinajstić information content (AvgIpc) is 2.60. The van der Waals surface area contributed by atoms with Crippen molar-refractivity contribution < 1.29 is 9.53 Å². The molecule has 0 aromatic heterocycles. The summed E-state index contributed by atoms with van der Waals surface area (Å²) in [6, 6.07) is 10.4. The van der Waals surface area contributed by atoms with Crippen molar-refractivity contribution in [1.29, 1.82) is 0 Å². The smallest absolute Gasteiger partial charge is 0.312 e. The van der Waals surface area contributed by atoms with E-state index in [1.54, 1.807) is 0 Å². The number of hydrogen-bond donors (Lipinski definition) is 0. The topological polar surface area (TPSA) is 29.5 Å². The van der Waals surface area contributed by atoms with Crippen LogP contribution in [0.15, 0.2) is 30.3 Å². The average molecular weight is 259 g/mol. The van der Waals surface area contributed by atoms with Gasteiger partial charge < -0.3 is 4.74 Å². The summed E-state index contributed by atoms with van der Waals surface area (Å²) in [6.07, 6.45) is 5.94. The molecule has 2 heterocycles. The van der Waals surface area contributed by atoms with Gasteiger partial charge in [0.25, 0.3) is 0 Å². The van der Waals surface area contributed by atoms with Gasteiger partial charge in [0.2, 0.25) is 0 Å². The number of benzene rings is 1. The molecule has 2 aliphatic rings. The third-order valence-corrected chi connectivity index (χ3v) is 4.66. The van der Waals surface area contributed by atoms with E-state index < -0.39 is 0 Å². The molecule has 102 valence electrons. The Bertz CT molecular complexity index is 455. The summed E-state index contributed by atoms with van der Waals surface area (Å²) < 4.78 is 5.87. The van der Waals surface area contributed by atoms with Crippen molar-refractivity contribution in [2.24, 2.45) is 0 Å². The van der Waals surface area contributed by atoms with E-state index in [1.165, 1.54) is 12.8 Å². The predicted octanol–water partition coefficient (Wildman–Crippen LogP) is 2.75. The fourth-order valence-corrected chi connectivity index (χ4v) is 3.53. The first-order chi connectivity index (χ1) is 9.20. The van der Waals surface area contributed by atoms with Gasteiger partial charge in [-0.25, -0.2) is 0 Å². The van der Waals surface area contributed by atoms with Crippen LogP contribution >= 0.6 is 0 Å². The molecule has 0 amide bonds. The summed E-state index contributed by atoms with van der Waals surface area (Å²) in [6.45, 7) is 0. The van der Waals surface area contributed by atoms with Crippen molar-refractivity contribution in [1.82, 2.24) is 4.90 Å². The molecule has 0 aliphatic carbocycles. The highest BCUT2D eigenvalue weighted by Crippen LogP contribution is 2.43. The number of rotatable bonds is 3. The van der Waals surface area contributed by atoms with E-state index >= 15 is 0 Å². The summed E-state index contributed by atoms with van der Waals surface area (Å²) in [5.74, 6) is -0.0967. The van der Waals surface area contributed by atoms with Crippen LogP contribution in [-0.2, 0) is 16.0 Å². The molecule has 2 aliphatic heterocycles. The molecule has 3 nitrogen and oxygen atoms in total. The Kier molecular flexibility index (Phi) is 3.31. The second-order valence-corrected chi connectivity index (χ2v) is 5.78. The fourth-order valence-electron chi connectivity index (χ4n) is 3.53. The maximum Gasteiger partial charge on any atom is 0.312 e. The number of esters is 1. The van der Waals surface area contributed by atoms with Crippen LogP contribution in [0.2, 0.25) is 0 Å². The van der Waals surface area contributed by atoms with E-state index in [1.807, 2.05) is 30.3 Å². The van der Waals surface area contributed by atoms with Gasteiger partial charge in [-0.05, 0) is 31.9 Å². The van der Waals surface area contributed by atoms with Gasteiger partial charge in [0.1, 0.15) is 0 Å². The third kappa shape index (κ3) is 2.39. The molecule has 1 aromatic rings. The number of carbonyl (C=O) groups is 1. The van der Waals surface area contributed by atoms with Gasteiger partial charge >= 0.3 is 5.97 Å². The molecular weight excluding hydrogens is 238 g/mol. The van der Waals surface area contributed by atoms with Gasteiger partial charge in [-0.1, -0.05) is 30.3 Å². The summed E-state index contributed by atoms with van der Waals surface area (Å²) >= 11 is 0. The van der Waals surface area contributed by atoms with E-state index in [9.17, 15) is 4.79 Å². The largest absolute Gasteiger partial charge is 0.443 e. The van der Waals surface area contributed by atoms with E-state index in [4.69, 9.17) is 4.74 Å². The zero-order chi connectivity index (χ0) is 13.3. The molecule has 0 saturated carbocycles. The third-order valence-electron chi connectivity index (χ3n) is 4.66. The van der Waals surface area contributed by atoms with Crippen LogP contribution in [0, 0.1) is 0 Å². The van der Waals surface area contributed by atoms with E-state index in [0.717, 1.165) is 24.8 Å². The van der Waals surface area contributed by atoms with Gasteiger partial charge in [-0.2, -0.15) is 0 Å². The lowest BCUT2D eigenvalue weighted by molar-refractivity contribution is -0.184. The van der Waals surface area contributed by atoms with Crippen LogP contribution in [0.4, 0.5) is 0 Å². The normalized spacial score (nSPS) is 30.3. The molecular formula is C16H21NO2. The Balaban J connectivity index is 1.66. The Morgan fingerprint density at radius 3 is 2.89 bits per heavy atom. The van der Waals surface area contributed by atoms with Crippen LogP contribution < -0.4 is 0 Å². The maximum absolute atomic E-state index is 12.2. The lowest BCUT2D eigenvalue weighted by atomic mass is 10.0. The molecule has 0 N–H and O–H groups in total. The van der Waals surface area contributed by atoms with Crippen molar-refractivity contribution in [3.05, 3.63) is 35.9 Å². The molecule has 19 heavy (non-hydrogen) atoms. The molecule has 3 rings (SSSR count). The zero-order valence-corrected chi connectivity index (χ0v) is 11.5. The number of hydrogen-bond acceptors (Lipinski definition) is 3. The first-order valence-corrected chi connectivity index (χ1v) is 7.18. The molecule has 2 bridgehead atoms. The Labute approximate surface area is 114 Å². The predicted molar refractivity (Wildman–Crippen MR) is 73.6 cm³/mol. The van der Waals surface area contributed by atoms with Crippen molar-refractivity contribution in [3.8, 4) is 0 Å². The highest BCUT2D eigenvalue weighted by Gasteiger charge is 2.49. The number of nitrogens with zero attached hydrogens (tertiary/aromatic N) is 1. The van der Waals surface area contributed by atoms with Crippen LogP contribution in [0.3, 0.4) is 0 Å². The van der Waals surface area contributed by atoms with Crippen LogP contribution in [0.1, 0.15) is 37.7 Å². The minimum atomic E-state index is -0.311. The molecule has 0 radical (unpaired) electrons. The van der Waals surface area contributed by atoms with E-state index in [-0.39, 0.29) is 11.7 Å². The lowest BCUT2D eigenvalue weighted by Gasteiger charge is -2.41. The second-order valence-electron chi connectivity index (χ2n) is 5.78. The van der Waals surface area contributed by atoms with Crippen molar-refractivity contribution in [3.63, 3.8) is 0 Å². The molecule has 3 heteroatoms. The van der Waals surface area contributed by atoms with Crippen LogP contribution in [-0.4, -0.2) is 29.7 Å². The van der Waals surface area contributed by atoms with Crippen LogP contribution in [0.5, 0.6) is 0 Å². The zero-order valence-electron chi connectivity index (χ0n) is 11.5. The van der Waals surface area contributed by atoms with Gasteiger partial charge in [0.15, 0.2) is 5.72 Å². The minimum Gasteiger partial charge on any atom is -0.443 e.